The normalized spacial score (nSPS) is 27.4. The Morgan fingerprint density at radius 3 is 2.90 bits per heavy atom. The number of hydrogen-bond acceptors (Lipinski definition) is 3. The minimum Gasteiger partial charge on any atom is -0.376 e. The van der Waals surface area contributed by atoms with Crippen LogP contribution in [0.4, 0.5) is 0 Å². The summed E-state index contributed by atoms with van der Waals surface area (Å²) in [4.78, 5) is 14.3. The number of nitrogens with one attached hydrogen (secondary N) is 1. The van der Waals surface area contributed by atoms with E-state index in [4.69, 9.17) is 4.74 Å². The van der Waals surface area contributed by atoms with Crippen molar-refractivity contribution >= 4 is 5.91 Å². The second-order valence-corrected chi connectivity index (χ2v) is 6.24. The van der Waals surface area contributed by atoms with Gasteiger partial charge in [-0.15, -0.1) is 0 Å². The van der Waals surface area contributed by atoms with Crippen molar-refractivity contribution in [1.82, 2.24) is 10.2 Å². The fourth-order valence-electron chi connectivity index (χ4n) is 3.46. The maximum Gasteiger partial charge on any atom is 0.238 e. The van der Waals surface area contributed by atoms with Crippen LogP contribution in [0, 0.1) is 13.8 Å². The summed E-state index contributed by atoms with van der Waals surface area (Å²) in [6.07, 6.45) is 2.28. The molecule has 1 aromatic rings. The maximum atomic E-state index is 12.4. The SMILES string of the molecule is Cc1ccc(C)c(C2NCC(=O)N2C(C)C2CCCO2)c1. The fraction of sp³-hybridized carbons (Fsp3) is 0.588. The summed E-state index contributed by atoms with van der Waals surface area (Å²) >= 11 is 0. The first-order chi connectivity index (χ1) is 10.1. The van der Waals surface area contributed by atoms with Crippen LogP contribution >= 0.6 is 0 Å². The van der Waals surface area contributed by atoms with Crippen LogP contribution in [0.15, 0.2) is 18.2 Å². The van der Waals surface area contributed by atoms with Crippen LogP contribution in [0.1, 0.15) is 42.6 Å². The molecule has 4 nitrogen and oxygen atoms in total. The van der Waals surface area contributed by atoms with Gasteiger partial charge in [0.2, 0.25) is 5.91 Å². The standard InChI is InChI=1S/C17H24N2O2/c1-11-6-7-12(2)14(9-11)17-18-10-16(20)19(17)13(3)15-5-4-8-21-15/h6-7,9,13,15,17-18H,4-5,8,10H2,1-3H3. The number of nitrogens with zero attached hydrogens (tertiary/aromatic N) is 1. The highest BCUT2D eigenvalue weighted by molar-refractivity contribution is 5.81. The van der Waals surface area contributed by atoms with Crippen molar-refractivity contribution in [3.05, 3.63) is 34.9 Å². The van der Waals surface area contributed by atoms with Gasteiger partial charge in [-0.3, -0.25) is 10.1 Å². The number of amides is 1. The van der Waals surface area contributed by atoms with Gasteiger partial charge in [-0.05, 0) is 44.7 Å². The largest absolute Gasteiger partial charge is 0.376 e. The van der Waals surface area contributed by atoms with Gasteiger partial charge in [-0.25, -0.2) is 0 Å². The first-order valence-electron chi connectivity index (χ1n) is 7.81. The molecular weight excluding hydrogens is 264 g/mol. The molecule has 114 valence electrons. The average Bonchev–Trinajstić information content (AvgIpc) is 3.10. The molecule has 3 unspecified atom stereocenters. The molecule has 2 heterocycles. The third-order valence-electron chi connectivity index (χ3n) is 4.68. The zero-order valence-electron chi connectivity index (χ0n) is 13.1. The number of rotatable bonds is 3. The van der Waals surface area contributed by atoms with E-state index in [1.165, 1.54) is 16.7 Å². The molecule has 3 rings (SSSR count). The van der Waals surface area contributed by atoms with E-state index >= 15 is 0 Å². The molecular formula is C17H24N2O2. The van der Waals surface area contributed by atoms with Crippen molar-refractivity contribution in [2.45, 2.75) is 51.9 Å². The van der Waals surface area contributed by atoms with E-state index in [9.17, 15) is 4.79 Å². The molecule has 0 radical (unpaired) electrons. The minimum atomic E-state index is -0.0309. The number of hydrogen-bond donors (Lipinski definition) is 1. The summed E-state index contributed by atoms with van der Waals surface area (Å²) in [5, 5.41) is 3.37. The van der Waals surface area contributed by atoms with Crippen LogP contribution in [0.25, 0.3) is 0 Å². The van der Waals surface area contributed by atoms with Gasteiger partial charge in [0.15, 0.2) is 0 Å². The maximum absolute atomic E-state index is 12.4. The topological polar surface area (TPSA) is 41.6 Å². The Labute approximate surface area is 126 Å². The zero-order chi connectivity index (χ0) is 15.0. The summed E-state index contributed by atoms with van der Waals surface area (Å²) < 4.78 is 5.79. The van der Waals surface area contributed by atoms with Gasteiger partial charge in [0, 0.05) is 6.61 Å². The molecule has 0 aliphatic carbocycles. The van der Waals surface area contributed by atoms with Crippen LogP contribution in [-0.4, -0.2) is 36.1 Å². The van der Waals surface area contributed by atoms with Gasteiger partial charge in [-0.1, -0.05) is 23.8 Å². The Morgan fingerprint density at radius 1 is 1.38 bits per heavy atom. The van der Waals surface area contributed by atoms with Gasteiger partial charge in [0.25, 0.3) is 0 Å². The van der Waals surface area contributed by atoms with Crippen molar-refractivity contribution in [1.29, 1.82) is 0 Å². The van der Waals surface area contributed by atoms with Gasteiger partial charge in [-0.2, -0.15) is 0 Å². The summed E-state index contributed by atoms with van der Waals surface area (Å²) in [5.74, 6) is 0.170. The molecule has 2 saturated heterocycles. The Kier molecular flexibility index (Phi) is 4.00. The molecule has 0 aromatic heterocycles. The number of benzene rings is 1. The minimum absolute atomic E-state index is 0.0309. The first-order valence-corrected chi connectivity index (χ1v) is 7.81. The quantitative estimate of drug-likeness (QED) is 0.928. The molecule has 4 heteroatoms. The van der Waals surface area contributed by atoms with Crippen LogP contribution in [0.3, 0.4) is 0 Å². The summed E-state index contributed by atoms with van der Waals surface area (Å²) in [6, 6.07) is 6.54. The Hall–Kier alpha value is -1.39. The molecule has 0 spiro atoms. The Morgan fingerprint density at radius 2 is 2.19 bits per heavy atom. The number of ether oxygens (including phenoxy) is 1. The second kappa shape index (κ2) is 5.78. The van der Waals surface area contributed by atoms with Gasteiger partial charge in [0.1, 0.15) is 6.17 Å². The molecule has 1 amide bonds. The van der Waals surface area contributed by atoms with E-state index in [1.807, 2.05) is 4.90 Å². The van der Waals surface area contributed by atoms with Crippen LogP contribution in [0.5, 0.6) is 0 Å². The van der Waals surface area contributed by atoms with Gasteiger partial charge < -0.3 is 9.64 Å². The molecule has 2 aliphatic heterocycles. The predicted molar refractivity (Wildman–Crippen MR) is 81.9 cm³/mol. The number of carbonyl (C=O) groups is 1. The van der Waals surface area contributed by atoms with Crippen molar-refractivity contribution in [2.75, 3.05) is 13.2 Å². The van der Waals surface area contributed by atoms with E-state index in [1.54, 1.807) is 0 Å². The molecule has 0 bridgehead atoms. The lowest BCUT2D eigenvalue weighted by atomic mass is 10.0. The van der Waals surface area contributed by atoms with Gasteiger partial charge >= 0.3 is 0 Å². The van der Waals surface area contributed by atoms with Crippen LogP contribution in [0.2, 0.25) is 0 Å². The molecule has 3 atom stereocenters. The lowest BCUT2D eigenvalue weighted by Gasteiger charge is -2.34. The van der Waals surface area contributed by atoms with Crippen molar-refractivity contribution in [3.8, 4) is 0 Å². The smallest absolute Gasteiger partial charge is 0.238 e. The van der Waals surface area contributed by atoms with Crippen LogP contribution in [-0.2, 0) is 9.53 Å². The zero-order valence-corrected chi connectivity index (χ0v) is 13.1. The molecule has 2 fully saturated rings. The van der Waals surface area contributed by atoms with Crippen LogP contribution < -0.4 is 5.32 Å². The van der Waals surface area contributed by atoms with E-state index in [-0.39, 0.29) is 24.2 Å². The van der Waals surface area contributed by atoms with E-state index < -0.39 is 0 Å². The highest BCUT2D eigenvalue weighted by Crippen LogP contribution is 2.31. The number of aryl methyl sites for hydroxylation is 2. The second-order valence-electron chi connectivity index (χ2n) is 6.24. The number of carbonyl (C=O) groups excluding carboxylic acids is 1. The third-order valence-corrected chi connectivity index (χ3v) is 4.68. The van der Waals surface area contributed by atoms with Gasteiger partial charge in [0.05, 0.1) is 18.7 Å². The predicted octanol–water partition coefficient (Wildman–Crippen LogP) is 2.30. The molecule has 1 N–H and O–H groups in total. The lowest BCUT2D eigenvalue weighted by molar-refractivity contribution is -0.132. The third kappa shape index (κ3) is 2.70. The molecule has 21 heavy (non-hydrogen) atoms. The van der Waals surface area contributed by atoms with Crippen molar-refractivity contribution < 1.29 is 9.53 Å². The summed E-state index contributed by atoms with van der Waals surface area (Å²) in [6.45, 7) is 7.54. The lowest BCUT2D eigenvalue weighted by Crippen LogP contribution is -2.44. The van der Waals surface area contributed by atoms with E-state index in [2.05, 4.69) is 44.3 Å². The van der Waals surface area contributed by atoms with E-state index in [0.717, 1.165) is 19.4 Å². The fourth-order valence-corrected chi connectivity index (χ4v) is 3.46. The highest BCUT2D eigenvalue weighted by Gasteiger charge is 2.39. The Bertz CT molecular complexity index is 538. The molecule has 1 aromatic carbocycles. The molecule has 0 saturated carbocycles. The average molecular weight is 288 g/mol. The van der Waals surface area contributed by atoms with Crippen molar-refractivity contribution in [3.63, 3.8) is 0 Å². The highest BCUT2D eigenvalue weighted by atomic mass is 16.5. The van der Waals surface area contributed by atoms with E-state index in [0.29, 0.717) is 6.54 Å². The Balaban J connectivity index is 1.89. The molecule has 2 aliphatic rings. The monoisotopic (exact) mass is 288 g/mol. The summed E-state index contributed by atoms with van der Waals surface area (Å²) in [7, 11) is 0. The summed E-state index contributed by atoms with van der Waals surface area (Å²) in [5.41, 5.74) is 3.64. The first kappa shape index (κ1) is 14.5. The van der Waals surface area contributed by atoms with Crippen molar-refractivity contribution in [2.24, 2.45) is 0 Å².